The van der Waals surface area contributed by atoms with Gasteiger partial charge in [0.25, 0.3) is 0 Å². The van der Waals surface area contributed by atoms with Gasteiger partial charge in [0.05, 0.1) is 18.2 Å². The Morgan fingerprint density at radius 1 is 1.26 bits per heavy atom. The maximum Gasteiger partial charge on any atom is 0.317 e. The number of likely N-dealkylation sites (N-methyl/N-ethyl adjacent to an activating group) is 1. The summed E-state index contributed by atoms with van der Waals surface area (Å²) in [6.07, 6.45) is 2.69. The first-order chi connectivity index (χ1) is 14.7. The Bertz CT molecular complexity index is 822. The molecule has 1 aromatic rings. The van der Waals surface area contributed by atoms with Crippen LogP contribution in [0.4, 0.5) is 9.18 Å². The van der Waals surface area contributed by atoms with Crippen molar-refractivity contribution < 1.29 is 19.1 Å². The van der Waals surface area contributed by atoms with Crippen LogP contribution in [0.15, 0.2) is 30.1 Å². The number of carbonyl (C=O) groups is 2. The van der Waals surface area contributed by atoms with Gasteiger partial charge >= 0.3 is 6.03 Å². The number of phenolic OH excluding ortho intramolecular Hbond substituents is 1. The number of aromatic hydroxyl groups is 1. The molecule has 0 saturated carbocycles. The van der Waals surface area contributed by atoms with Gasteiger partial charge in [-0.3, -0.25) is 4.79 Å². The van der Waals surface area contributed by atoms with Crippen molar-refractivity contribution in [1.82, 2.24) is 25.8 Å². The van der Waals surface area contributed by atoms with Gasteiger partial charge in [0.2, 0.25) is 5.91 Å². The van der Waals surface area contributed by atoms with E-state index in [4.69, 9.17) is 5.26 Å². The normalized spacial score (nSPS) is 11.8. The molecule has 1 rings (SSSR count). The number of benzene rings is 1. The SMILES string of the molecule is CC(=O)NCC(CCCN/C(=C/C#N)N(C)C)N(C)C(=O)NCc1cccc(F)c1O. The van der Waals surface area contributed by atoms with Gasteiger partial charge in [-0.05, 0) is 18.9 Å². The fraction of sp³-hybridized carbons (Fsp3) is 0.476. The molecule has 0 fully saturated rings. The lowest BCUT2D eigenvalue weighted by Gasteiger charge is -2.29. The van der Waals surface area contributed by atoms with E-state index in [0.29, 0.717) is 25.2 Å². The Morgan fingerprint density at radius 3 is 2.58 bits per heavy atom. The second-order valence-electron chi connectivity index (χ2n) is 7.23. The summed E-state index contributed by atoms with van der Waals surface area (Å²) in [5.74, 6) is -0.762. The van der Waals surface area contributed by atoms with E-state index in [2.05, 4.69) is 16.0 Å². The molecular formula is C21H31FN6O3. The highest BCUT2D eigenvalue weighted by atomic mass is 19.1. The molecule has 0 bridgehead atoms. The number of urea groups is 1. The quantitative estimate of drug-likeness (QED) is 0.309. The number of nitrogens with zero attached hydrogens (tertiary/aromatic N) is 3. The Hall–Kier alpha value is -3.48. The average molecular weight is 435 g/mol. The van der Waals surface area contributed by atoms with Crippen molar-refractivity contribution in [2.24, 2.45) is 0 Å². The maximum atomic E-state index is 13.5. The van der Waals surface area contributed by atoms with Crippen molar-refractivity contribution in [3.8, 4) is 11.8 Å². The van der Waals surface area contributed by atoms with Crippen molar-refractivity contribution >= 4 is 11.9 Å². The van der Waals surface area contributed by atoms with Crippen LogP contribution in [0.25, 0.3) is 0 Å². The van der Waals surface area contributed by atoms with Crippen molar-refractivity contribution in [3.63, 3.8) is 0 Å². The van der Waals surface area contributed by atoms with Crippen LogP contribution in [-0.4, -0.2) is 67.1 Å². The zero-order valence-corrected chi connectivity index (χ0v) is 18.4. The van der Waals surface area contributed by atoms with E-state index < -0.39 is 17.6 Å². The number of nitrogens with one attached hydrogen (secondary N) is 3. The summed E-state index contributed by atoms with van der Waals surface area (Å²) in [4.78, 5) is 27.2. The van der Waals surface area contributed by atoms with Crippen LogP contribution in [0.1, 0.15) is 25.3 Å². The third kappa shape index (κ3) is 8.82. The van der Waals surface area contributed by atoms with E-state index in [1.54, 1.807) is 11.9 Å². The zero-order valence-electron chi connectivity index (χ0n) is 18.4. The van der Waals surface area contributed by atoms with Gasteiger partial charge in [-0.25, -0.2) is 9.18 Å². The van der Waals surface area contributed by atoms with Gasteiger partial charge in [-0.1, -0.05) is 12.1 Å². The fourth-order valence-corrected chi connectivity index (χ4v) is 2.81. The average Bonchev–Trinajstić information content (AvgIpc) is 2.72. The molecule has 0 aliphatic carbocycles. The molecule has 0 heterocycles. The molecule has 4 N–H and O–H groups in total. The molecule has 1 aromatic carbocycles. The van der Waals surface area contributed by atoms with Crippen LogP contribution < -0.4 is 16.0 Å². The number of carbonyl (C=O) groups excluding carboxylic acids is 2. The standard InChI is InChI=1S/C21H31FN6O3/c1-15(29)25-14-17(8-6-12-24-19(10-11-23)27(2)3)28(4)21(31)26-13-16-7-5-9-18(22)20(16)30/h5,7,9-10,17,24,30H,6,8,12-14H2,1-4H3,(H,25,29)(H,26,31)/b19-10-. The van der Waals surface area contributed by atoms with Gasteiger partial charge in [0, 0.05) is 53.3 Å². The molecule has 170 valence electrons. The molecule has 0 aliphatic heterocycles. The minimum Gasteiger partial charge on any atom is -0.505 e. The molecule has 0 saturated heterocycles. The predicted molar refractivity (Wildman–Crippen MR) is 115 cm³/mol. The van der Waals surface area contributed by atoms with E-state index >= 15 is 0 Å². The third-order valence-electron chi connectivity index (χ3n) is 4.66. The van der Waals surface area contributed by atoms with Crippen LogP contribution in [0.5, 0.6) is 5.75 Å². The summed E-state index contributed by atoms with van der Waals surface area (Å²) in [5.41, 5.74) is 0.268. The first kappa shape index (κ1) is 25.6. The minimum absolute atomic E-state index is 0.0354. The van der Waals surface area contributed by atoms with Crippen molar-refractivity contribution in [3.05, 3.63) is 41.5 Å². The number of allylic oxidation sites excluding steroid dienone is 1. The monoisotopic (exact) mass is 434 g/mol. The van der Waals surface area contributed by atoms with E-state index in [0.717, 1.165) is 6.07 Å². The molecular weight excluding hydrogens is 403 g/mol. The highest BCUT2D eigenvalue weighted by Gasteiger charge is 2.20. The lowest BCUT2D eigenvalue weighted by atomic mass is 10.1. The van der Waals surface area contributed by atoms with Gasteiger partial charge in [0.1, 0.15) is 5.82 Å². The van der Waals surface area contributed by atoms with Crippen molar-refractivity contribution in [1.29, 1.82) is 5.26 Å². The minimum atomic E-state index is -0.751. The molecule has 0 spiro atoms. The third-order valence-corrected chi connectivity index (χ3v) is 4.66. The summed E-state index contributed by atoms with van der Waals surface area (Å²) >= 11 is 0. The summed E-state index contributed by atoms with van der Waals surface area (Å²) < 4.78 is 13.5. The van der Waals surface area contributed by atoms with Crippen molar-refractivity contribution in [2.45, 2.75) is 32.4 Å². The topological polar surface area (TPSA) is 121 Å². The predicted octanol–water partition coefficient (Wildman–Crippen LogP) is 1.47. The van der Waals surface area contributed by atoms with Gasteiger partial charge < -0.3 is 30.9 Å². The number of amides is 3. The number of rotatable bonds is 11. The Labute approximate surface area is 182 Å². The van der Waals surface area contributed by atoms with Crippen LogP contribution in [0.2, 0.25) is 0 Å². The van der Waals surface area contributed by atoms with E-state index in [9.17, 15) is 19.1 Å². The fourth-order valence-electron chi connectivity index (χ4n) is 2.81. The molecule has 10 heteroatoms. The van der Waals surface area contributed by atoms with E-state index in [-0.39, 0.29) is 30.6 Å². The molecule has 0 aliphatic rings. The molecule has 1 unspecified atom stereocenters. The Kier molecular flexibility index (Phi) is 10.7. The Balaban J connectivity index is 2.67. The molecule has 31 heavy (non-hydrogen) atoms. The van der Waals surface area contributed by atoms with E-state index in [1.165, 1.54) is 30.0 Å². The van der Waals surface area contributed by atoms with Crippen LogP contribution in [0.3, 0.4) is 0 Å². The van der Waals surface area contributed by atoms with Crippen LogP contribution >= 0.6 is 0 Å². The lowest BCUT2D eigenvalue weighted by molar-refractivity contribution is -0.119. The van der Waals surface area contributed by atoms with E-state index in [1.807, 2.05) is 20.2 Å². The first-order valence-electron chi connectivity index (χ1n) is 9.89. The largest absolute Gasteiger partial charge is 0.505 e. The summed E-state index contributed by atoms with van der Waals surface area (Å²) in [6, 6.07) is 5.40. The van der Waals surface area contributed by atoms with Crippen molar-refractivity contribution in [2.75, 3.05) is 34.2 Å². The summed E-state index contributed by atoms with van der Waals surface area (Å²) in [5, 5.41) is 27.1. The number of hydrogen-bond acceptors (Lipinski definition) is 6. The smallest absolute Gasteiger partial charge is 0.317 e. The molecule has 0 radical (unpaired) electrons. The highest BCUT2D eigenvalue weighted by Crippen LogP contribution is 2.20. The van der Waals surface area contributed by atoms with Gasteiger partial charge in [-0.15, -0.1) is 0 Å². The number of nitriles is 1. The second-order valence-corrected chi connectivity index (χ2v) is 7.23. The summed E-state index contributed by atoms with van der Waals surface area (Å²) in [6.45, 7) is 2.22. The molecule has 3 amide bonds. The number of halogens is 1. The number of phenols is 1. The molecule has 0 aromatic heterocycles. The lowest BCUT2D eigenvalue weighted by Crippen LogP contribution is -2.48. The first-order valence-corrected chi connectivity index (χ1v) is 9.89. The highest BCUT2D eigenvalue weighted by molar-refractivity contribution is 5.75. The molecule has 1 atom stereocenters. The van der Waals surface area contributed by atoms with Gasteiger partial charge in [-0.2, -0.15) is 5.26 Å². The number of para-hydroxylation sites is 1. The molecule has 9 nitrogen and oxygen atoms in total. The zero-order chi connectivity index (χ0) is 23.4. The van der Waals surface area contributed by atoms with Gasteiger partial charge in [0.15, 0.2) is 11.6 Å². The maximum absolute atomic E-state index is 13.5. The van der Waals surface area contributed by atoms with Crippen LogP contribution in [-0.2, 0) is 11.3 Å². The second kappa shape index (κ2) is 13.0. The van der Waals surface area contributed by atoms with Crippen LogP contribution in [0, 0.1) is 17.1 Å². The summed E-state index contributed by atoms with van der Waals surface area (Å²) in [7, 11) is 5.26. The number of hydrogen-bond donors (Lipinski definition) is 4. The Morgan fingerprint density at radius 2 is 1.97 bits per heavy atom.